The zero-order chi connectivity index (χ0) is 15.2. The maximum atomic E-state index is 13.7. The number of hydrogen-bond acceptors (Lipinski definition) is 4. The summed E-state index contributed by atoms with van der Waals surface area (Å²) in [6.07, 6.45) is 1.42. The summed E-state index contributed by atoms with van der Waals surface area (Å²) < 4.78 is 18.9. The Labute approximate surface area is 121 Å². The Bertz CT molecular complexity index is 634. The molecule has 5 nitrogen and oxygen atoms in total. The van der Waals surface area contributed by atoms with Crippen LogP contribution in [0, 0.1) is 5.82 Å². The summed E-state index contributed by atoms with van der Waals surface area (Å²) in [5, 5.41) is 9.36. The van der Waals surface area contributed by atoms with Crippen LogP contribution in [0.5, 0.6) is 5.88 Å². The molecule has 21 heavy (non-hydrogen) atoms. The van der Waals surface area contributed by atoms with Crippen LogP contribution in [0.3, 0.4) is 0 Å². The first-order chi connectivity index (χ1) is 10.1. The van der Waals surface area contributed by atoms with Crippen molar-refractivity contribution in [3.8, 4) is 5.88 Å². The number of nitrogens with zero attached hydrogens (tertiary/aromatic N) is 2. The molecule has 0 radical (unpaired) electrons. The predicted molar refractivity (Wildman–Crippen MR) is 73.7 cm³/mol. The molecule has 1 unspecified atom stereocenters. The van der Waals surface area contributed by atoms with Gasteiger partial charge in [-0.05, 0) is 25.0 Å². The second-order valence-corrected chi connectivity index (χ2v) is 4.37. The lowest BCUT2D eigenvalue weighted by Crippen LogP contribution is -2.18. The van der Waals surface area contributed by atoms with Crippen molar-refractivity contribution in [2.45, 2.75) is 19.3 Å². The molecule has 0 aliphatic rings. The average Bonchev–Trinajstić information content (AvgIpc) is 2.46. The molecule has 0 spiro atoms. The van der Waals surface area contributed by atoms with Gasteiger partial charge >= 0.3 is 5.97 Å². The van der Waals surface area contributed by atoms with Gasteiger partial charge in [0.1, 0.15) is 17.6 Å². The molecule has 6 heteroatoms. The highest BCUT2D eigenvalue weighted by molar-refractivity contribution is 5.75. The van der Waals surface area contributed by atoms with Gasteiger partial charge in [-0.2, -0.15) is 4.98 Å². The van der Waals surface area contributed by atoms with Crippen LogP contribution in [0.1, 0.15) is 24.2 Å². The van der Waals surface area contributed by atoms with Crippen molar-refractivity contribution in [1.82, 2.24) is 9.97 Å². The molecular weight excluding hydrogens is 275 g/mol. The van der Waals surface area contributed by atoms with Gasteiger partial charge in [0.25, 0.3) is 0 Å². The molecule has 2 aromatic rings. The summed E-state index contributed by atoms with van der Waals surface area (Å²) in [5.74, 6) is -2.15. The highest BCUT2D eigenvalue weighted by Gasteiger charge is 2.25. The van der Waals surface area contributed by atoms with E-state index in [2.05, 4.69) is 9.97 Å². The first-order valence-corrected chi connectivity index (χ1v) is 6.53. The molecule has 0 saturated carbocycles. The average molecular weight is 290 g/mol. The second kappa shape index (κ2) is 6.78. The Kier molecular flexibility index (Phi) is 4.81. The molecule has 1 atom stereocenters. The summed E-state index contributed by atoms with van der Waals surface area (Å²) >= 11 is 0. The van der Waals surface area contributed by atoms with Gasteiger partial charge in [-0.3, -0.25) is 4.79 Å². The molecule has 0 amide bonds. The van der Waals surface area contributed by atoms with E-state index < -0.39 is 17.7 Å². The second-order valence-electron chi connectivity index (χ2n) is 4.37. The number of rotatable bonds is 6. The minimum Gasteiger partial charge on any atom is -0.481 e. The van der Waals surface area contributed by atoms with Gasteiger partial charge in [-0.1, -0.05) is 18.2 Å². The quantitative estimate of drug-likeness (QED) is 0.884. The molecule has 2 rings (SSSR count). The molecule has 1 N–H and O–H groups in total. The fourth-order valence-corrected chi connectivity index (χ4v) is 1.93. The first-order valence-electron chi connectivity index (χ1n) is 6.53. The Morgan fingerprint density at radius 2 is 2.14 bits per heavy atom. The third-order valence-electron chi connectivity index (χ3n) is 2.93. The van der Waals surface area contributed by atoms with Crippen LogP contribution in [0.2, 0.25) is 0 Å². The van der Waals surface area contributed by atoms with Crippen LogP contribution in [-0.4, -0.2) is 27.7 Å². The van der Waals surface area contributed by atoms with Gasteiger partial charge in [-0.15, -0.1) is 0 Å². The van der Waals surface area contributed by atoms with E-state index in [1.54, 1.807) is 31.2 Å². The summed E-state index contributed by atoms with van der Waals surface area (Å²) in [6, 6.07) is 7.62. The third kappa shape index (κ3) is 3.75. The summed E-state index contributed by atoms with van der Waals surface area (Å²) in [6.45, 7) is 2.22. The van der Waals surface area contributed by atoms with Crippen LogP contribution in [0.25, 0.3) is 0 Å². The van der Waals surface area contributed by atoms with Crippen LogP contribution < -0.4 is 4.74 Å². The summed E-state index contributed by atoms with van der Waals surface area (Å²) in [5.41, 5.74) is 0.315. The lowest BCUT2D eigenvalue weighted by Gasteiger charge is -2.12. The highest BCUT2D eigenvalue weighted by atomic mass is 19.1. The number of hydrogen-bond donors (Lipinski definition) is 1. The zero-order valence-electron chi connectivity index (χ0n) is 11.5. The van der Waals surface area contributed by atoms with Gasteiger partial charge in [0.05, 0.1) is 6.61 Å². The minimum atomic E-state index is -1.10. The predicted octanol–water partition coefficient (Wildman–Crippen LogP) is 2.43. The molecule has 1 aromatic carbocycles. The molecule has 0 fully saturated rings. The normalized spacial score (nSPS) is 11.9. The van der Waals surface area contributed by atoms with Gasteiger partial charge in [0.2, 0.25) is 5.88 Å². The van der Waals surface area contributed by atoms with Crippen molar-refractivity contribution in [2.24, 2.45) is 0 Å². The standard InChI is InChI=1S/C15H15FN2O3/c1-2-21-13-7-8-17-14(18-13)11(15(19)20)9-10-5-3-4-6-12(10)16/h3-8,11H,2,9H2,1H3,(H,19,20). The van der Waals surface area contributed by atoms with Gasteiger partial charge < -0.3 is 9.84 Å². The highest BCUT2D eigenvalue weighted by Crippen LogP contribution is 2.21. The van der Waals surface area contributed by atoms with E-state index >= 15 is 0 Å². The van der Waals surface area contributed by atoms with E-state index in [1.807, 2.05) is 0 Å². The maximum Gasteiger partial charge on any atom is 0.314 e. The van der Waals surface area contributed by atoms with Crippen molar-refractivity contribution < 1.29 is 19.0 Å². The Morgan fingerprint density at radius 3 is 2.81 bits per heavy atom. The van der Waals surface area contributed by atoms with Crippen LogP contribution in [-0.2, 0) is 11.2 Å². The van der Waals surface area contributed by atoms with Gasteiger partial charge in [0, 0.05) is 12.3 Å². The SMILES string of the molecule is CCOc1ccnc(C(Cc2ccccc2F)C(=O)O)n1. The summed E-state index contributed by atoms with van der Waals surface area (Å²) in [4.78, 5) is 19.5. The number of carboxylic acid groups (broad SMARTS) is 1. The maximum absolute atomic E-state index is 13.7. The van der Waals surface area contributed by atoms with E-state index in [0.29, 0.717) is 18.1 Å². The van der Waals surface area contributed by atoms with E-state index in [4.69, 9.17) is 4.74 Å². The molecular formula is C15H15FN2O3. The van der Waals surface area contributed by atoms with Crippen molar-refractivity contribution in [3.63, 3.8) is 0 Å². The Morgan fingerprint density at radius 1 is 1.38 bits per heavy atom. The number of halogens is 1. The Balaban J connectivity index is 2.29. The Hall–Kier alpha value is -2.50. The van der Waals surface area contributed by atoms with Crippen LogP contribution in [0.15, 0.2) is 36.5 Å². The molecule has 0 bridgehead atoms. The number of benzene rings is 1. The van der Waals surface area contributed by atoms with Crippen molar-refractivity contribution in [2.75, 3.05) is 6.61 Å². The molecule has 0 aliphatic carbocycles. The van der Waals surface area contributed by atoms with Crippen LogP contribution in [0.4, 0.5) is 4.39 Å². The van der Waals surface area contributed by atoms with E-state index in [-0.39, 0.29) is 12.2 Å². The van der Waals surface area contributed by atoms with Gasteiger partial charge in [-0.25, -0.2) is 9.37 Å². The molecule has 0 aliphatic heterocycles. The van der Waals surface area contributed by atoms with Crippen molar-refractivity contribution >= 4 is 5.97 Å². The largest absolute Gasteiger partial charge is 0.481 e. The molecule has 110 valence electrons. The lowest BCUT2D eigenvalue weighted by atomic mass is 9.98. The number of aliphatic carboxylic acids is 1. The smallest absolute Gasteiger partial charge is 0.314 e. The number of ether oxygens (including phenoxy) is 1. The lowest BCUT2D eigenvalue weighted by molar-refractivity contribution is -0.139. The van der Waals surface area contributed by atoms with E-state index in [9.17, 15) is 14.3 Å². The van der Waals surface area contributed by atoms with Crippen LogP contribution >= 0.6 is 0 Å². The van der Waals surface area contributed by atoms with E-state index in [1.165, 1.54) is 12.3 Å². The summed E-state index contributed by atoms with van der Waals surface area (Å²) in [7, 11) is 0. The molecule has 1 heterocycles. The molecule has 1 aromatic heterocycles. The zero-order valence-corrected chi connectivity index (χ0v) is 11.5. The van der Waals surface area contributed by atoms with Crippen molar-refractivity contribution in [3.05, 3.63) is 53.7 Å². The number of aromatic nitrogens is 2. The molecule has 0 saturated heterocycles. The number of carboxylic acids is 1. The van der Waals surface area contributed by atoms with E-state index in [0.717, 1.165) is 0 Å². The minimum absolute atomic E-state index is 0.0163. The topological polar surface area (TPSA) is 72.3 Å². The fourth-order valence-electron chi connectivity index (χ4n) is 1.93. The van der Waals surface area contributed by atoms with Gasteiger partial charge in [0.15, 0.2) is 0 Å². The van der Waals surface area contributed by atoms with Crippen molar-refractivity contribution in [1.29, 1.82) is 0 Å². The number of carbonyl (C=O) groups is 1. The first kappa shape index (κ1) is 14.9. The fraction of sp³-hybridized carbons (Fsp3) is 0.267. The third-order valence-corrected chi connectivity index (χ3v) is 2.93. The monoisotopic (exact) mass is 290 g/mol.